The molecular formula is C18H20N2O4. The smallest absolute Gasteiger partial charge is 0.217 e. The first-order valence-electron chi connectivity index (χ1n) is 7.51. The van der Waals surface area contributed by atoms with E-state index in [1.54, 1.807) is 24.3 Å². The first kappa shape index (κ1) is 17.3. The molecule has 0 unspecified atom stereocenters. The number of nitrogens with one attached hydrogen (secondary N) is 2. The minimum absolute atomic E-state index is 0.0107. The van der Waals surface area contributed by atoms with Crippen LogP contribution < -0.4 is 10.6 Å². The van der Waals surface area contributed by atoms with Crippen molar-refractivity contribution in [1.29, 1.82) is 0 Å². The predicted octanol–water partition coefficient (Wildman–Crippen LogP) is 2.04. The zero-order chi connectivity index (χ0) is 17.7. The van der Waals surface area contributed by atoms with E-state index in [0.29, 0.717) is 22.3 Å². The molecule has 0 aliphatic heterocycles. The van der Waals surface area contributed by atoms with E-state index in [2.05, 4.69) is 10.6 Å². The number of benzene rings is 2. The number of rotatable bonds is 5. The minimum Gasteiger partial charge on any atom is -0.507 e. The lowest BCUT2D eigenvalue weighted by Gasteiger charge is -2.17. The second-order valence-corrected chi connectivity index (χ2v) is 5.44. The van der Waals surface area contributed by atoms with Gasteiger partial charge in [0, 0.05) is 38.1 Å². The van der Waals surface area contributed by atoms with E-state index in [4.69, 9.17) is 0 Å². The lowest BCUT2D eigenvalue weighted by Crippen LogP contribution is -2.20. The van der Waals surface area contributed by atoms with Crippen LogP contribution in [0.4, 0.5) is 0 Å². The molecule has 0 heterocycles. The largest absolute Gasteiger partial charge is 0.507 e. The molecule has 4 N–H and O–H groups in total. The summed E-state index contributed by atoms with van der Waals surface area (Å²) in [7, 11) is 0. The van der Waals surface area contributed by atoms with Crippen LogP contribution in [0.1, 0.15) is 25.0 Å². The third kappa shape index (κ3) is 4.04. The fraction of sp³-hybridized carbons (Fsp3) is 0.222. The van der Waals surface area contributed by atoms with Gasteiger partial charge in [0.05, 0.1) is 0 Å². The van der Waals surface area contributed by atoms with Gasteiger partial charge in [-0.25, -0.2) is 0 Å². The number of phenols is 2. The third-order valence-electron chi connectivity index (χ3n) is 3.56. The van der Waals surface area contributed by atoms with Crippen molar-refractivity contribution in [3.63, 3.8) is 0 Å². The summed E-state index contributed by atoms with van der Waals surface area (Å²) >= 11 is 0. The number of amides is 2. The molecule has 0 fully saturated rings. The zero-order valence-corrected chi connectivity index (χ0v) is 13.6. The number of carbonyl (C=O) groups is 2. The highest BCUT2D eigenvalue weighted by molar-refractivity contribution is 5.82. The fourth-order valence-electron chi connectivity index (χ4n) is 2.48. The maximum atomic E-state index is 11.2. The average Bonchev–Trinajstić information content (AvgIpc) is 2.51. The summed E-state index contributed by atoms with van der Waals surface area (Å²) in [5, 5.41) is 26.0. The maximum absolute atomic E-state index is 11.2. The Bertz CT molecular complexity index is 706. The van der Waals surface area contributed by atoms with Crippen LogP contribution >= 0.6 is 0 Å². The summed E-state index contributed by atoms with van der Waals surface area (Å²) in [6, 6.07) is 9.90. The molecule has 2 aromatic carbocycles. The van der Waals surface area contributed by atoms with Gasteiger partial charge in [-0.15, -0.1) is 0 Å². The standard InChI is InChI=1S/C18H20N2O4/c1-11(21)19-9-13-5-3-7-15(23)17(13)18-14(10-20-12(2)22)6-4-8-16(18)24/h3-8,23-24H,9-10H2,1-2H3,(H,19,21)(H,20,22). The van der Waals surface area contributed by atoms with E-state index in [-0.39, 0.29) is 36.4 Å². The Labute approximate surface area is 140 Å². The van der Waals surface area contributed by atoms with E-state index in [1.165, 1.54) is 26.0 Å². The van der Waals surface area contributed by atoms with Crippen molar-refractivity contribution in [2.24, 2.45) is 0 Å². The van der Waals surface area contributed by atoms with E-state index in [0.717, 1.165) is 0 Å². The van der Waals surface area contributed by atoms with Gasteiger partial charge in [0.1, 0.15) is 11.5 Å². The maximum Gasteiger partial charge on any atom is 0.217 e. The third-order valence-corrected chi connectivity index (χ3v) is 3.56. The van der Waals surface area contributed by atoms with Crippen molar-refractivity contribution in [2.45, 2.75) is 26.9 Å². The van der Waals surface area contributed by atoms with Crippen molar-refractivity contribution >= 4 is 11.8 Å². The predicted molar refractivity (Wildman–Crippen MR) is 90.2 cm³/mol. The summed E-state index contributed by atoms with van der Waals surface area (Å²) in [6.45, 7) is 3.25. The van der Waals surface area contributed by atoms with E-state index in [9.17, 15) is 19.8 Å². The van der Waals surface area contributed by atoms with Crippen molar-refractivity contribution in [3.8, 4) is 22.6 Å². The summed E-state index contributed by atoms with van der Waals surface area (Å²) in [4.78, 5) is 22.4. The van der Waals surface area contributed by atoms with Crippen molar-refractivity contribution in [2.75, 3.05) is 0 Å². The lowest BCUT2D eigenvalue weighted by atomic mass is 9.93. The van der Waals surface area contributed by atoms with E-state index >= 15 is 0 Å². The number of carbonyl (C=O) groups excluding carboxylic acids is 2. The summed E-state index contributed by atoms with van der Waals surface area (Å²) in [6.07, 6.45) is 0. The molecule has 0 aliphatic carbocycles. The average molecular weight is 328 g/mol. The minimum atomic E-state index is -0.194. The Morgan fingerprint density at radius 1 is 0.792 bits per heavy atom. The second-order valence-electron chi connectivity index (χ2n) is 5.44. The van der Waals surface area contributed by atoms with Crippen molar-refractivity contribution in [3.05, 3.63) is 47.5 Å². The monoisotopic (exact) mass is 328 g/mol. The molecule has 2 amide bonds. The quantitative estimate of drug-likeness (QED) is 0.675. The number of hydrogen-bond donors (Lipinski definition) is 4. The van der Waals surface area contributed by atoms with Gasteiger partial charge in [-0.2, -0.15) is 0 Å². The van der Waals surface area contributed by atoms with Crippen molar-refractivity contribution in [1.82, 2.24) is 10.6 Å². The molecule has 2 aromatic rings. The van der Waals surface area contributed by atoms with Crippen LogP contribution in [0.2, 0.25) is 0 Å². The van der Waals surface area contributed by atoms with E-state index in [1.807, 2.05) is 0 Å². The van der Waals surface area contributed by atoms with Gasteiger partial charge in [0.25, 0.3) is 0 Å². The molecule has 0 aliphatic rings. The van der Waals surface area contributed by atoms with Gasteiger partial charge >= 0.3 is 0 Å². The Kier molecular flexibility index (Phi) is 5.42. The molecule has 0 bridgehead atoms. The fourth-order valence-corrected chi connectivity index (χ4v) is 2.48. The topological polar surface area (TPSA) is 98.7 Å². The highest BCUT2D eigenvalue weighted by Crippen LogP contribution is 2.40. The molecule has 6 heteroatoms. The molecule has 0 saturated carbocycles. The van der Waals surface area contributed by atoms with Crippen molar-refractivity contribution < 1.29 is 19.8 Å². The number of hydrogen-bond acceptors (Lipinski definition) is 4. The Morgan fingerprint density at radius 3 is 1.50 bits per heavy atom. The SMILES string of the molecule is CC(=O)NCc1cccc(O)c1-c1c(O)cccc1CNC(C)=O. The highest BCUT2D eigenvalue weighted by atomic mass is 16.3. The molecule has 0 atom stereocenters. The first-order valence-corrected chi connectivity index (χ1v) is 7.51. The van der Waals surface area contributed by atoms with Gasteiger partial charge < -0.3 is 20.8 Å². The zero-order valence-electron chi connectivity index (χ0n) is 13.6. The molecule has 6 nitrogen and oxygen atoms in total. The van der Waals surface area contributed by atoms with Crippen LogP contribution in [-0.4, -0.2) is 22.0 Å². The molecule has 0 saturated heterocycles. The first-order chi connectivity index (χ1) is 11.4. The summed E-state index contributed by atoms with van der Waals surface area (Å²) in [5.74, 6) is -0.410. The highest BCUT2D eigenvalue weighted by Gasteiger charge is 2.18. The molecule has 0 spiro atoms. The van der Waals surface area contributed by atoms with E-state index < -0.39 is 0 Å². The van der Waals surface area contributed by atoms with Crippen LogP contribution in [0.5, 0.6) is 11.5 Å². The molecule has 0 radical (unpaired) electrons. The van der Waals surface area contributed by atoms with Crippen LogP contribution in [0, 0.1) is 0 Å². The Morgan fingerprint density at radius 2 is 1.17 bits per heavy atom. The molecule has 126 valence electrons. The van der Waals surface area contributed by atoms with Crippen LogP contribution in [0.3, 0.4) is 0 Å². The molecular weight excluding hydrogens is 308 g/mol. The van der Waals surface area contributed by atoms with Gasteiger partial charge in [0.2, 0.25) is 11.8 Å². The Balaban J connectivity index is 2.54. The van der Waals surface area contributed by atoms with Gasteiger partial charge in [-0.3, -0.25) is 9.59 Å². The van der Waals surface area contributed by atoms with Gasteiger partial charge in [-0.1, -0.05) is 24.3 Å². The number of aromatic hydroxyl groups is 2. The van der Waals surface area contributed by atoms with Crippen LogP contribution in [0.15, 0.2) is 36.4 Å². The van der Waals surface area contributed by atoms with Crippen LogP contribution in [-0.2, 0) is 22.7 Å². The number of phenolic OH excluding ortho intramolecular Hbond substituents is 2. The van der Waals surface area contributed by atoms with Gasteiger partial charge in [0.15, 0.2) is 0 Å². The molecule has 0 aromatic heterocycles. The normalized spacial score (nSPS) is 10.2. The summed E-state index contributed by atoms with van der Waals surface area (Å²) < 4.78 is 0. The second kappa shape index (κ2) is 7.50. The molecule has 2 rings (SSSR count). The van der Waals surface area contributed by atoms with Crippen LogP contribution in [0.25, 0.3) is 11.1 Å². The molecule has 24 heavy (non-hydrogen) atoms. The van der Waals surface area contributed by atoms with Gasteiger partial charge in [-0.05, 0) is 23.3 Å². The lowest BCUT2D eigenvalue weighted by molar-refractivity contribution is -0.120. The Hall–Kier alpha value is -3.02. The summed E-state index contributed by atoms with van der Waals surface area (Å²) in [5.41, 5.74) is 2.20.